The number of carbonyl (C=O) groups excluding carboxylic acids is 1. The number of amides is 1. The molecule has 1 saturated heterocycles. The van der Waals surface area contributed by atoms with Crippen molar-refractivity contribution in [1.82, 2.24) is 10.6 Å². The van der Waals surface area contributed by atoms with Crippen LogP contribution in [0.15, 0.2) is 23.1 Å². The highest BCUT2D eigenvalue weighted by Gasteiger charge is 2.46. The van der Waals surface area contributed by atoms with Gasteiger partial charge < -0.3 is 10.1 Å². The number of halogens is 2. The minimum absolute atomic E-state index is 0.0176. The van der Waals surface area contributed by atoms with Gasteiger partial charge >= 0.3 is 6.09 Å². The van der Waals surface area contributed by atoms with Crippen LogP contribution in [-0.2, 0) is 14.6 Å². The number of rotatable bonds is 4. The second kappa shape index (κ2) is 6.65. The first-order chi connectivity index (χ1) is 11.8. The maximum atomic E-state index is 12.7. The van der Waals surface area contributed by atoms with Crippen LogP contribution in [0.25, 0.3) is 0 Å². The highest BCUT2D eigenvalue weighted by molar-refractivity contribution is 7.92. The zero-order valence-electron chi connectivity index (χ0n) is 13.0. The fraction of sp³-hybridized carbons (Fsp3) is 0.467. The molecule has 1 aliphatic heterocycles. The van der Waals surface area contributed by atoms with Crippen LogP contribution >= 0.6 is 23.2 Å². The number of nitriles is 1. The second-order valence-corrected chi connectivity index (χ2v) is 9.06. The molecule has 2 atom stereocenters. The predicted molar refractivity (Wildman–Crippen MR) is 91.0 cm³/mol. The molecule has 3 rings (SSSR count). The van der Waals surface area contributed by atoms with Gasteiger partial charge in [0.25, 0.3) is 0 Å². The summed E-state index contributed by atoms with van der Waals surface area (Å²) in [6.07, 6.45) is -0.248. The van der Waals surface area contributed by atoms with Crippen LogP contribution < -0.4 is 10.6 Å². The third kappa shape index (κ3) is 3.70. The fourth-order valence-electron chi connectivity index (χ4n) is 2.62. The van der Waals surface area contributed by atoms with Gasteiger partial charge in [0, 0.05) is 13.0 Å². The molecule has 2 aliphatic rings. The van der Waals surface area contributed by atoms with E-state index in [4.69, 9.17) is 33.2 Å². The van der Waals surface area contributed by atoms with E-state index in [0.717, 1.165) is 0 Å². The number of nitrogens with zero attached hydrogens (tertiary/aromatic N) is 1. The topological polar surface area (TPSA) is 108 Å². The Bertz CT molecular complexity index is 849. The summed E-state index contributed by atoms with van der Waals surface area (Å²) in [5, 5.41) is 13.6. The molecule has 0 bridgehead atoms. The molecule has 0 radical (unpaired) electrons. The summed E-state index contributed by atoms with van der Waals surface area (Å²) in [4.78, 5) is 11.8. The molecule has 1 saturated carbocycles. The Morgan fingerprint density at radius 2 is 2.12 bits per heavy atom. The van der Waals surface area contributed by atoms with E-state index in [-0.39, 0.29) is 27.9 Å². The van der Waals surface area contributed by atoms with Gasteiger partial charge in [0.1, 0.15) is 5.54 Å². The molecule has 1 aromatic rings. The minimum atomic E-state index is -3.73. The van der Waals surface area contributed by atoms with Gasteiger partial charge in [-0.2, -0.15) is 5.26 Å². The molecule has 1 aliphatic carbocycles. The molecule has 2 N–H and O–H groups in total. The molecule has 1 amide bonds. The fourth-order valence-corrected chi connectivity index (χ4v) is 5.03. The maximum absolute atomic E-state index is 12.7. The summed E-state index contributed by atoms with van der Waals surface area (Å²) in [5.74, 6) is 0. The van der Waals surface area contributed by atoms with Gasteiger partial charge in [-0.15, -0.1) is 0 Å². The second-order valence-electron chi connectivity index (χ2n) is 6.08. The quantitative estimate of drug-likeness (QED) is 0.797. The van der Waals surface area contributed by atoms with Crippen molar-refractivity contribution in [2.75, 3.05) is 6.54 Å². The van der Waals surface area contributed by atoms with E-state index in [1.165, 1.54) is 18.2 Å². The van der Waals surface area contributed by atoms with E-state index in [1.54, 1.807) is 0 Å². The third-order valence-corrected chi connectivity index (χ3v) is 7.39. The van der Waals surface area contributed by atoms with Gasteiger partial charge in [-0.3, -0.25) is 5.32 Å². The largest absolute Gasteiger partial charge is 0.430 e. The molecule has 0 unspecified atom stereocenters. The zero-order chi connectivity index (χ0) is 18.2. The van der Waals surface area contributed by atoms with Gasteiger partial charge in [0.2, 0.25) is 0 Å². The monoisotopic (exact) mass is 403 g/mol. The average molecular weight is 404 g/mol. The molecule has 0 aromatic heterocycles. The number of alkyl carbamates (subject to hydrolysis) is 1. The molecule has 134 valence electrons. The van der Waals surface area contributed by atoms with Crippen molar-refractivity contribution in [3.63, 3.8) is 0 Å². The predicted octanol–water partition coefficient (Wildman–Crippen LogP) is 2.24. The summed E-state index contributed by atoms with van der Waals surface area (Å²) in [5.41, 5.74) is -0.838. The normalized spacial score (nSPS) is 24.4. The number of nitrogens with one attached hydrogen (secondary N) is 2. The molecule has 10 heteroatoms. The smallest absolute Gasteiger partial charge is 0.409 e. The number of ether oxygens (including phenoxy) is 1. The van der Waals surface area contributed by atoms with E-state index < -0.39 is 32.9 Å². The maximum Gasteiger partial charge on any atom is 0.409 e. The van der Waals surface area contributed by atoms with Crippen molar-refractivity contribution in [2.45, 2.75) is 41.2 Å². The van der Waals surface area contributed by atoms with Crippen LogP contribution in [-0.4, -0.2) is 38.1 Å². The SMILES string of the molecule is N#CC1(NC(=O)O[C@H]2C[C@@H](S(=O)(=O)c3cccc(Cl)c3Cl)CN2)CC1. The first-order valence-corrected chi connectivity index (χ1v) is 9.89. The van der Waals surface area contributed by atoms with Crippen molar-refractivity contribution < 1.29 is 17.9 Å². The van der Waals surface area contributed by atoms with Crippen molar-refractivity contribution in [1.29, 1.82) is 5.26 Å². The van der Waals surface area contributed by atoms with E-state index >= 15 is 0 Å². The van der Waals surface area contributed by atoms with Crippen LogP contribution in [0.2, 0.25) is 10.0 Å². The molecule has 25 heavy (non-hydrogen) atoms. The standard InChI is InChI=1S/C15H15Cl2N3O4S/c16-10-2-1-3-11(13(10)17)25(22,23)9-6-12(19-7-9)24-14(21)20-15(8-18)4-5-15/h1-3,9,12,19H,4-7H2,(H,20,21)/t9-,12+/m1/s1. The van der Waals surface area contributed by atoms with Crippen molar-refractivity contribution >= 4 is 39.1 Å². The number of carbonyl (C=O) groups is 1. The number of hydrogen-bond donors (Lipinski definition) is 2. The summed E-state index contributed by atoms with van der Waals surface area (Å²) in [6.45, 7) is 0.118. The lowest BCUT2D eigenvalue weighted by Gasteiger charge is -2.15. The number of benzene rings is 1. The van der Waals surface area contributed by atoms with Crippen LogP contribution in [0.1, 0.15) is 19.3 Å². The third-order valence-electron chi connectivity index (χ3n) is 4.27. The van der Waals surface area contributed by atoms with Crippen molar-refractivity contribution in [3.05, 3.63) is 28.2 Å². The lowest BCUT2D eigenvalue weighted by atomic mass is 10.3. The molecule has 1 aromatic carbocycles. The van der Waals surface area contributed by atoms with Crippen LogP contribution in [0, 0.1) is 11.3 Å². The summed E-state index contributed by atoms with van der Waals surface area (Å²) < 4.78 is 30.7. The van der Waals surface area contributed by atoms with Crippen LogP contribution in [0.3, 0.4) is 0 Å². The number of sulfone groups is 1. The summed E-state index contributed by atoms with van der Waals surface area (Å²) in [6, 6.07) is 6.44. The Labute approximate surface area is 155 Å². The Kier molecular flexibility index (Phi) is 4.86. The molecule has 2 fully saturated rings. The molecule has 1 heterocycles. The Hall–Kier alpha value is -1.53. The Morgan fingerprint density at radius 1 is 1.40 bits per heavy atom. The van der Waals surface area contributed by atoms with Crippen LogP contribution in [0.5, 0.6) is 0 Å². The van der Waals surface area contributed by atoms with Crippen molar-refractivity contribution in [2.24, 2.45) is 0 Å². The zero-order valence-corrected chi connectivity index (χ0v) is 15.3. The van der Waals surface area contributed by atoms with E-state index in [1.807, 2.05) is 6.07 Å². The Balaban J connectivity index is 1.65. The van der Waals surface area contributed by atoms with Gasteiger partial charge in [0.15, 0.2) is 16.1 Å². The van der Waals surface area contributed by atoms with E-state index in [2.05, 4.69) is 10.6 Å². The summed E-state index contributed by atoms with van der Waals surface area (Å²) in [7, 11) is -3.73. The Morgan fingerprint density at radius 3 is 2.76 bits per heavy atom. The number of hydrogen-bond acceptors (Lipinski definition) is 6. The van der Waals surface area contributed by atoms with Crippen molar-refractivity contribution in [3.8, 4) is 6.07 Å². The lowest BCUT2D eigenvalue weighted by Crippen LogP contribution is -2.40. The minimum Gasteiger partial charge on any atom is -0.430 e. The first kappa shape index (κ1) is 18.3. The average Bonchev–Trinajstić information content (AvgIpc) is 3.16. The summed E-state index contributed by atoms with van der Waals surface area (Å²) >= 11 is 11.9. The van der Waals surface area contributed by atoms with Crippen LogP contribution in [0.4, 0.5) is 4.79 Å². The van der Waals surface area contributed by atoms with Gasteiger partial charge in [-0.1, -0.05) is 29.3 Å². The lowest BCUT2D eigenvalue weighted by molar-refractivity contribution is 0.0876. The van der Waals surface area contributed by atoms with Gasteiger partial charge in [-0.05, 0) is 25.0 Å². The van der Waals surface area contributed by atoms with E-state index in [0.29, 0.717) is 12.8 Å². The highest BCUT2D eigenvalue weighted by atomic mass is 35.5. The molecular weight excluding hydrogens is 389 g/mol. The highest BCUT2D eigenvalue weighted by Crippen LogP contribution is 2.35. The molecule has 7 nitrogen and oxygen atoms in total. The van der Waals surface area contributed by atoms with E-state index in [9.17, 15) is 13.2 Å². The molecule has 0 spiro atoms. The van der Waals surface area contributed by atoms with Gasteiger partial charge in [-0.25, -0.2) is 13.2 Å². The molecular formula is C15H15Cl2N3O4S. The van der Waals surface area contributed by atoms with Gasteiger partial charge in [0.05, 0.1) is 26.3 Å². The first-order valence-electron chi connectivity index (χ1n) is 7.59.